The second kappa shape index (κ2) is 5.89. The molecule has 0 bridgehead atoms. The molecule has 2 amide bonds. The molecule has 1 aliphatic carbocycles. The highest BCUT2D eigenvalue weighted by Crippen LogP contribution is 2.36. The summed E-state index contributed by atoms with van der Waals surface area (Å²) >= 11 is 0. The Morgan fingerprint density at radius 1 is 1.50 bits per heavy atom. The van der Waals surface area contributed by atoms with Gasteiger partial charge >= 0.3 is 6.03 Å². The fourth-order valence-corrected chi connectivity index (χ4v) is 3.01. The molecule has 1 heterocycles. The van der Waals surface area contributed by atoms with E-state index in [2.05, 4.69) is 12.2 Å². The zero-order valence-corrected chi connectivity index (χ0v) is 11.1. The summed E-state index contributed by atoms with van der Waals surface area (Å²) < 4.78 is 0. The lowest BCUT2D eigenvalue weighted by molar-refractivity contribution is 0.0856. The SMILES string of the molecule is CCNC1CC(CC(O)C2CC2)CN(C(N)=O)C1. The van der Waals surface area contributed by atoms with Crippen molar-refractivity contribution in [2.24, 2.45) is 17.6 Å². The minimum absolute atomic E-state index is 0.190. The standard InChI is InChI=1S/C13H25N3O2/c1-2-15-11-5-9(6-12(17)10-3-4-10)7-16(8-11)13(14)18/h9-12,15,17H,2-8H2,1H3,(H2,14,18). The number of carbonyl (C=O) groups excluding carboxylic acids is 1. The third-order valence-corrected chi connectivity index (χ3v) is 4.08. The van der Waals surface area contributed by atoms with Crippen LogP contribution in [0.15, 0.2) is 0 Å². The lowest BCUT2D eigenvalue weighted by Crippen LogP contribution is -2.53. The molecule has 2 fully saturated rings. The maximum atomic E-state index is 11.3. The number of rotatable bonds is 5. The van der Waals surface area contributed by atoms with Crippen molar-refractivity contribution in [2.45, 2.75) is 44.8 Å². The summed E-state index contributed by atoms with van der Waals surface area (Å²) in [6.07, 6.45) is 3.95. The molecule has 2 rings (SSSR count). The molecule has 5 nitrogen and oxygen atoms in total. The molecular formula is C13H25N3O2. The third kappa shape index (κ3) is 3.59. The van der Waals surface area contributed by atoms with E-state index in [4.69, 9.17) is 5.73 Å². The van der Waals surface area contributed by atoms with Gasteiger partial charge in [-0.2, -0.15) is 0 Å². The molecule has 3 atom stereocenters. The van der Waals surface area contributed by atoms with Crippen LogP contribution < -0.4 is 11.1 Å². The Morgan fingerprint density at radius 2 is 2.22 bits per heavy atom. The second-order valence-electron chi connectivity index (χ2n) is 5.74. The number of aliphatic hydroxyl groups is 1. The van der Waals surface area contributed by atoms with Gasteiger partial charge in [-0.1, -0.05) is 6.92 Å². The highest BCUT2D eigenvalue weighted by Gasteiger charge is 2.35. The number of amides is 2. The third-order valence-electron chi connectivity index (χ3n) is 4.08. The molecule has 0 aromatic heterocycles. The van der Waals surface area contributed by atoms with Crippen molar-refractivity contribution in [3.63, 3.8) is 0 Å². The molecule has 3 unspecified atom stereocenters. The summed E-state index contributed by atoms with van der Waals surface area (Å²) in [4.78, 5) is 13.0. The van der Waals surface area contributed by atoms with Gasteiger partial charge in [-0.25, -0.2) is 4.79 Å². The van der Waals surface area contributed by atoms with Gasteiger partial charge in [0, 0.05) is 19.1 Å². The molecule has 1 saturated heterocycles. The average Bonchev–Trinajstić information content (AvgIpc) is 3.12. The Hall–Kier alpha value is -0.810. The molecule has 1 aliphatic heterocycles. The van der Waals surface area contributed by atoms with Crippen molar-refractivity contribution in [3.8, 4) is 0 Å². The van der Waals surface area contributed by atoms with Gasteiger partial charge in [0.05, 0.1) is 6.10 Å². The summed E-state index contributed by atoms with van der Waals surface area (Å²) in [5.41, 5.74) is 5.39. The molecule has 2 aliphatic rings. The fraction of sp³-hybridized carbons (Fsp3) is 0.923. The van der Waals surface area contributed by atoms with Gasteiger partial charge in [-0.15, -0.1) is 0 Å². The minimum Gasteiger partial charge on any atom is -0.393 e. The van der Waals surface area contributed by atoms with Gasteiger partial charge in [-0.3, -0.25) is 0 Å². The number of aliphatic hydroxyl groups excluding tert-OH is 1. The van der Waals surface area contributed by atoms with Crippen LogP contribution in [0.1, 0.15) is 32.6 Å². The van der Waals surface area contributed by atoms with E-state index in [1.165, 1.54) is 0 Å². The zero-order valence-electron chi connectivity index (χ0n) is 11.1. The first kappa shape index (κ1) is 13.6. The highest BCUT2D eigenvalue weighted by atomic mass is 16.3. The Kier molecular flexibility index (Phi) is 4.45. The van der Waals surface area contributed by atoms with Gasteiger partial charge in [0.2, 0.25) is 0 Å². The monoisotopic (exact) mass is 255 g/mol. The number of hydrogen-bond donors (Lipinski definition) is 3. The molecule has 0 aromatic carbocycles. The van der Waals surface area contributed by atoms with Crippen LogP contribution in [0.2, 0.25) is 0 Å². The van der Waals surface area contributed by atoms with Crippen molar-refractivity contribution in [3.05, 3.63) is 0 Å². The minimum atomic E-state index is -0.344. The first-order valence-corrected chi connectivity index (χ1v) is 7.06. The number of piperidine rings is 1. The average molecular weight is 255 g/mol. The van der Waals surface area contributed by atoms with Crippen LogP contribution in [-0.4, -0.2) is 47.8 Å². The molecule has 0 aromatic rings. The molecule has 0 radical (unpaired) electrons. The predicted octanol–water partition coefficient (Wildman–Crippen LogP) is 0.526. The number of likely N-dealkylation sites (tertiary alicyclic amines) is 1. The van der Waals surface area contributed by atoms with E-state index in [1.807, 2.05) is 0 Å². The van der Waals surface area contributed by atoms with Gasteiger partial charge < -0.3 is 21.1 Å². The number of nitrogens with one attached hydrogen (secondary N) is 1. The van der Waals surface area contributed by atoms with E-state index in [1.54, 1.807) is 4.90 Å². The molecule has 1 saturated carbocycles. The van der Waals surface area contributed by atoms with Crippen LogP contribution in [-0.2, 0) is 0 Å². The molecule has 104 valence electrons. The number of primary amides is 1. The normalized spacial score (nSPS) is 30.2. The van der Waals surface area contributed by atoms with Crippen LogP contribution in [0.5, 0.6) is 0 Å². The smallest absolute Gasteiger partial charge is 0.314 e. The summed E-state index contributed by atoms with van der Waals surface area (Å²) in [6, 6.07) is -0.0313. The molecule has 18 heavy (non-hydrogen) atoms. The van der Waals surface area contributed by atoms with Crippen LogP contribution >= 0.6 is 0 Å². The summed E-state index contributed by atoms with van der Waals surface area (Å²) in [7, 11) is 0. The van der Waals surface area contributed by atoms with Crippen molar-refractivity contribution < 1.29 is 9.90 Å². The Balaban J connectivity index is 1.88. The lowest BCUT2D eigenvalue weighted by atomic mass is 9.88. The second-order valence-corrected chi connectivity index (χ2v) is 5.74. The molecule has 0 spiro atoms. The van der Waals surface area contributed by atoms with Crippen LogP contribution in [0, 0.1) is 11.8 Å². The Labute approximate surface area is 109 Å². The van der Waals surface area contributed by atoms with Crippen LogP contribution in [0.4, 0.5) is 4.79 Å². The number of nitrogens with zero attached hydrogens (tertiary/aromatic N) is 1. The van der Waals surface area contributed by atoms with E-state index >= 15 is 0 Å². The molecule has 5 heteroatoms. The van der Waals surface area contributed by atoms with E-state index in [0.29, 0.717) is 31.0 Å². The Morgan fingerprint density at radius 3 is 2.78 bits per heavy atom. The van der Waals surface area contributed by atoms with Crippen molar-refractivity contribution in [2.75, 3.05) is 19.6 Å². The quantitative estimate of drug-likeness (QED) is 0.670. The maximum absolute atomic E-state index is 11.3. The predicted molar refractivity (Wildman–Crippen MR) is 70.1 cm³/mol. The van der Waals surface area contributed by atoms with Gasteiger partial charge in [0.25, 0.3) is 0 Å². The molecular weight excluding hydrogens is 230 g/mol. The summed E-state index contributed by atoms with van der Waals surface area (Å²) in [5, 5.41) is 13.4. The van der Waals surface area contributed by atoms with E-state index in [9.17, 15) is 9.90 Å². The van der Waals surface area contributed by atoms with Crippen molar-refractivity contribution in [1.29, 1.82) is 0 Å². The number of hydrogen-bond acceptors (Lipinski definition) is 3. The maximum Gasteiger partial charge on any atom is 0.314 e. The number of urea groups is 1. The summed E-state index contributed by atoms with van der Waals surface area (Å²) in [6.45, 7) is 4.35. The Bertz CT molecular complexity index is 294. The summed E-state index contributed by atoms with van der Waals surface area (Å²) in [5.74, 6) is 0.873. The first-order chi connectivity index (χ1) is 8.60. The lowest BCUT2D eigenvalue weighted by Gasteiger charge is -2.38. The number of nitrogens with two attached hydrogens (primary N) is 1. The zero-order chi connectivity index (χ0) is 13.1. The van der Waals surface area contributed by atoms with E-state index < -0.39 is 0 Å². The number of carbonyl (C=O) groups is 1. The topological polar surface area (TPSA) is 78.6 Å². The van der Waals surface area contributed by atoms with E-state index in [0.717, 1.165) is 32.2 Å². The number of likely N-dealkylation sites (N-methyl/N-ethyl adjacent to an activating group) is 1. The largest absolute Gasteiger partial charge is 0.393 e. The van der Waals surface area contributed by atoms with Gasteiger partial charge in [0.15, 0.2) is 0 Å². The van der Waals surface area contributed by atoms with Gasteiger partial charge in [-0.05, 0) is 44.1 Å². The first-order valence-electron chi connectivity index (χ1n) is 7.06. The van der Waals surface area contributed by atoms with Crippen LogP contribution in [0.25, 0.3) is 0 Å². The van der Waals surface area contributed by atoms with E-state index in [-0.39, 0.29) is 12.1 Å². The van der Waals surface area contributed by atoms with Crippen molar-refractivity contribution >= 4 is 6.03 Å². The highest BCUT2D eigenvalue weighted by molar-refractivity contribution is 5.72. The van der Waals surface area contributed by atoms with Crippen LogP contribution in [0.3, 0.4) is 0 Å². The van der Waals surface area contributed by atoms with Crippen molar-refractivity contribution in [1.82, 2.24) is 10.2 Å². The van der Waals surface area contributed by atoms with Gasteiger partial charge in [0.1, 0.15) is 0 Å². The molecule has 4 N–H and O–H groups in total. The fourth-order valence-electron chi connectivity index (χ4n) is 3.01.